The van der Waals surface area contributed by atoms with Crippen LogP contribution in [0.5, 0.6) is 5.75 Å². The van der Waals surface area contributed by atoms with Gasteiger partial charge in [0, 0.05) is 0 Å². The molecule has 25 heavy (non-hydrogen) atoms. The van der Waals surface area contributed by atoms with E-state index in [1.807, 2.05) is 32.0 Å². The number of hydrogen-bond acceptors (Lipinski definition) is 4. The molecule has 0 saturated heterocycles. The fourth-order valence-electron chi connectivity index (χ4n) is 3.21. The van der Waals surface area contributed by atoms with Crippen molar-refractivity contribution in [1.29, 1.82) is 0 Å². The van der Waals surface area contributed by atoms with Gasteiger partial charge in [0.1, 0.15) is 11.3 Å². The topological polar surface area (TPSA) is 68.5 Å². The lowest BCUT2D eigenvalue weighted by molar-refractivity contribution is 0.0938. The average molecular weight is 335 g/mol. The lowest BCUT2D eigenvalue weighted by Crippen LogP contribution is -2.21. The van der Waals surface area contributed by atoms with Gasteiger partial charge < -0.3 is 14.5 Å². The summed E-state index contributed by atoms with van der Waals surface area (Å²) >= 11 is 0. The van der Waals surface area contributed by atoms with Crippen molar-refractivity contribution in [3.05, 3.63) is 74.6 Å². The number of rotatable bonds is 2. The fraction of sp³-hybridized carbons (Fsp3) is 0.200. The van der Waals surface area contributed by atoms with E-state index in [9.17, 15) is 9.59 Å². The highest BCUT2D eigenvalue weighted by Crippen LogP contribution is 2.32. The number of fused-ring (bicyclic) bond motifs is 2. The van der Waals surface area contributed by atoms with Crippen LogP contribution in [0.25, 0.3) is 11.0 Å². The molecule has 1 atom stereocenters. The predicted octanol–water partition coefficient (Wildman–Crippen LogP) is 3.25. The van der Waals surface area contributed by atoms with Crippen LogP contribution in [-0.2, 0) is 0 Å². The van der Waals surface area contributed by atoms with Crippen LogP contribution in [0.3, 0.4) is 0 Å². The Kier molecular flexibility index (Phi) is 3.39. The van der Waals surface area contributed by atoms with Crippen molar-refractivity contribution < 1.29 is 13.9 Å². The van der Waals surface area contributed by atoms with Gasteiger partial charge in [0.05, 0.1) is 24.1 Å². The normalized spacial score (nSPS) is 16.0. The van der Waals surface area contributed by atoms with Gasteiger partial charge in [-0.05, 0) is 54.8 Å². The van der Waals surface area contributed by atoms with Crippen molar-refractivity contribution in [3.8, 4) is 5.75 Å². The lowest BCUT2D eigenvalue weighted by atomic mass is 9.98. The lowest BCUT2D eigenvalue weighted by Gasteiger charge is -2.12. The van der Waals surface area contributed by atoms with E-state index in [-0.39, 0.29) is 17.1 Å². The Bertz CT molecular complexity index is 1060. The molecule has 1 amide bonds. The summed E-state index contributed by atoms with van der Waals surface area (Å²) < 4.78 is 11.0. The van der Waals surface area contributed by atoms with E-state index in [4.69, 9.17) is 9.15 Å². The number of benzene rings is 2. The molecule has 0 bridgehead atoms. The molecule has 126 valence electrons. The summed E-state index contributed by atoms with van der Waals surface area (Å²) in [4.78, 5) is 25.4. The number of ether oxygens (including phenoxy) is 1. The Balaban J connectivity index is 1.94. The molecule has 5 heteroatoms. The summed E-state index contributed by atoms with van der Waals surface area (Å²) in [6.07, 6.45) is 0. The van der Waals surface area contributed by atoms with E-state index in [2.05, 4.69) is 5.32 Å². The molecule has 0 aliphatic carbocycles. The van der Waals surface area contributed by atoms with Crippen LogP contribution in [0.15, 0.2) is 45.6 Å². The van der Waals surface area contributed by atoms with Gasteiger partial charge in [0.15, 0.2) is 5.43 Å². The van der Waals surface area contributed by atoms with Gasteiger partial charge in [0.25, 0.3) is 5.91 Å². The molecule has 3 aromatic rings. The van der Waals surface area contributed by atoms with Gasteiger partial charge in [-0.25, -0.2) is 0 Å². The summed E-state index contributed by atoms with van der Waals surface area (Å²) in [6, 6.07) is 10.4. The molecule has 1 aromatic heterocycles. The van der Waals surface area contributed by atoms with E-state index >= 15 is 0 Å². The monoisotopic (exact) mass is 335 g/mol. The summed E-state index contributed by atoms with van der Waals surface area (Å²) in [7, 11) is 1.59. The highest BCUT2D eigenvalue weighted by Gasteiger charge is 2.35. The van der Waals surface area contributed by atoms with Gasteiger partial charge in [-0.3, -0.25) is 9.59 Å². The smallest absolute Gasteiger partial charge is 0.288 e. The number of carbonyl (C=O) groups excluding carboxylic acids is 1. The minimum Gasteiger partial charge on any atom is -0.497 e. The molecule has 0 spiro atoms. The third-order valence-electron chi connectivity index (χ3n) is 4.76. The Morgan fingerprint density at radius 3 is 2.40 bits per heavy atom. The average Bonchev–Trinajstić information content (AvgIpc) is 2.94. The van der Waals surface area contributed by atoms with Crippen LogP contribution in [0.1, 0.15) is 38.9 Å². The highest BCUT2D eigenvalue weighted by atomic mass is 16.5. The molecule has 2 aromatic carbocycles. The van der Waals surface area contributed by atoms with Gasteiger partial charge in [-0.1, -0.05) is 12.1 Å². The van der Waals surface area contributed by atoms with Crippen LogP contribution >= 0.6 is 0 Å². The van der Waals surface area contributed by atoms with Gasteiger partial charge in [-0.15, -0.1) is 0 Å². The minimum atomic E-state index is -0.518. The Hall–Kier alpha value is -3.08. The molecule has 2 heterocycles. The van der Waals surface area contributed by atoms with E-state index in [0.29, 0.717) is 22.3 Å². The van der Waals surface area contributed by atoms with E-state index in [1.54, 1.807) is 25.3 Å². The molecular formula is C20H17NO4. The van der Waals surface area contributed by atoms with Gasteiger partial charge >= 0.3 is 0 Å². The number of aryl methyl sites for hydroxylation is 2. The maximum atomic E-state index is 13.1. The van der Waals surface area contributed by atoms with Crippen molar-refractivity contribution in [2.24, 2.45) is 0 Å². The molecule has 1 N–H and O–H groups in total. The largest absolute Gasteiger partial charge is 0.497 e. The summed E-state index contributed by atoms with van der Waals surface area (Å²) in [5.41, 5.74) is 3.48. The molecule has 0 radical (unpaired) electrons. The first-order chi connectivity index (χ1) is 12.0. The third kappa shape index (κ3) is 2.31. The zero-order chi connectivity index (χ0) is 17.7. The van der Waals surface area contributed by atoms with Crippen LogP contribution < -0.4 is 15.5 Å². The van der Waals surface area contributed by atoms with E-state index in [0.717, 1.165) is 16.7 Å². The molecule has 0 fully saturated rings. The maximum Gasteiger partial charge on any atom is 0.288 e. The minimum absolute atomic E-state index is 0.0987. The molecule has 4 rings (SSSR count). The molecule has 1 unspecified atom stereocenters. The van der Waals surface area contributed by atoms with Crippen LogP contribution in [-0.4, -0.2) is 13.0 Å². The van der Waals surface area contributed by atoms with Gasteiger partial charge in [0.2, 0.25) is 5.76 Å². The second kappa shape index (κ2) is 5.48. The van der Waals surface area contributed by atoms with Crippen LogP contribution in [0.2, 0.25) is 0 Å². The third-order valence-corrected chi connectivity index (χ3v) is 4.76. The number of nitrogens with one attached hydrogen (secondary N) is 1. The Morgan fingerprint density at radius 2 is 1.72 bits per heavy atom. The first-order valence-electron chi connectivity index (χ1n) is 8.02. The summed E-state index contributed by atoms with van der Waals surface area (Å²) in [5.74, 6) is 0.444. The molecular weight excluding hydrogens is 318 g/mol. The highest BCUT2D eigenvalue weighted by molar-refractivity contribution is 5.99. The number of hydrogen-bond donors (Lipinski definition) is 1. The first kappa shape index (κ1) is 15.4. The van der Waals surface area contributed by atoms with Crippen LogP contribution in [0, 0.1) is 13.8 Å². The zero-order valence-electron chi connectivity index (χ0n) is 14.2. The standard InChI is InChI=1S/C20H17NO4/c1-10-8-14-15(9-11(10)2)25-19-16(18(14)22)17(21-20(19)23)12-4-6-13(24-3)7-5-12/h4-9,17H,1-3H3,(H,21,23). The van der Waals surface area contributed by atoms with Crippen molar-refractivity contribution in [2.45, 2.75) is 19.9 Å². The van der Waals surface area contributed by atoms with E-state index < -0.39 is 6.04 Å². The second-order valence-corrected chi connectivity index (χ2v) is 6.29. The number of methoxy groups -OCH3 is 1. The zero-order valence-corrected chi connectivity index (χ0v) is 14.2. The van der Waals surface area contributed by atoms with E-state index in [1.165, 1.54) is 0 Å². The molecule has 1 aliphatic rings. The fourth-order valence-corrected chi connectivity index (χ4v) is 3.21. The Morgan fingerprint density at radius 1 is 1.04 bits per heavy atom. The van der Waals surface area contributed by atoms with Crippen molar-refractivity contribution in [3.63, 3.8) is 0 Å². The maximum absolute atomic E-state index is 13.1. The first-order valence-corrected chi connectivity index (χ1v) is 8.02. The summed E-state index contributed by atoms with van der Waals surface area (Å²) in [5, 5.41) is 3.34. The number of amides is 1. The van der Waals surface area contributed by atoms with Crippen molar-refractivity contribution in [2.75, 3.05) is 7.11 Å². The van der Waals surface area contributed by atoms with Crippen molar-refractivity contribution in [1.82, 2.24) is 5.32 Å². The van der Waals surface area contributed by atoms with Gasteiger partial charge in [-0.2, -0.15) is 0 Å². The molecule has 1 aliphatic heterocycles. The Labute approximate surface area is 144 Å². The number of carbonyl (C=O) groups is 1. The summed E-state index contributed by atoms with van der Waals surface area (Å²) in [6.45, 7) is 3.90. The molecule has 0 saturated carbocycles. The predicted molar refractivity (Wildman–Crippen MR) is 94.3 cm³/mol. The van der Waals surface area contributed by atoms with Crippen LogP contribution in [0.4, 0.5) is 0 Å². The molecule has 5 nitrogen and oxygen atoms in total. The second-order valence-electron chi connectivity index (χ2n) is 6.29. The quantitative estimate of drug-likeness (QED) is 0.780. The SMILES string of the molecule is COc1ccc(C2NC(=O)c3oc4cc(C)c(C)cc4c(=O)c32)cc1. The van der Waals surface area contributed by atoms with Crippen molar-refractivity contribution >= 4 is 16.9 Å².